The summed E-state index contributed by atoms with van der Waals surface area (Å²) < 4.78 is 12.1. The van der Waals surface area contributed by atoms with Crippen molar-refractivity contribution in [3.05, 3.63) is 58.1 Å². The van der Waals surface area contributed by atoms with E-state index in [2.05, 4.69) is 47.6 Å². The van der Waals surface area contributed by atoms with Gasteiger partial charge >= 0.3 is 0 Å². The Morgan fingerprint density at radius 2 is 1.67 bits per heavy atom. The lowest BCUT2D eigenvalue weighted by Gasteiger charge is -2.13. The normalized spacial score (nSPS) is 10.6. The van der Waals surface area contributed by atoms with Crippen LogP contribution in [-0.4, -0.2) is 25.0 Å². The lowest BCUT2D eigenvalue weighted by molar-refractivity contribution is 0.0844. The zero-order chi connectivity index (χ0) is 21.9. The molecule has 0 aromatic heterocycles. The molecular weight excluding hydrogens is 448 g/mol. The Kier molecular flexibility index (Phi) is 9.67. The van der Waals surface area contributed by atoms with Crippen molar-refractivity contribution in [3.8, 4) is 11.5 Å². The van der Waals surface area contributed by atoms with Gasteiger partial charge in [0, 0.05) is 10.0 Å². The Labute approximate surface area is 186 Å². The molecule has 6 nitrogen and oxygen atoms in total. The van der Waals surface area contributed by atoms with Crippen LogP contribution in [0, 0.1) is 5.92 Å². The molecule has 2 aromatic rings. The van der Waals surface area contributed by atoms with Gasteiger partial charge in [-0.25, -0.2) is 0 Å². The monoisotopic (exact) mass is 476 g/mol. The SMILES string of the molecule is CCCCOc1ccc(Br)cc1C(=O)NNC(=O)c1ccc(OCCC(C)C)cc1. The number of nitrogens with one attached hydrogen (secondary N) is 2. The van der Waals surface area contributed by atoms with E-state index in [1.54, 1.807) is 42.5 Å². The first-order chi connectivity index (χ1) is 14.4. The molecule has 2 N–H and O–H groups in total. The van der Waals surface area contributed by atoms with Crippen LogP contribution < -0.4 is 20.3 Å². The van der Waals surface area contributed by atoms with Gasteiger partial charge in [-0.2, -0.15) is 0 Å². The third kappa shape index (κ3) is 7.71. The molecule has 0 fully saturated rings. The summed E-state index contributed by atoms with van der Waals surface area (Å²) in [4.78, 5) is 24.9. The summed E-state index contributed by atoms with van der Waals surface area (Å²) in [7, 11) is 0. The van der Waals surface area contributed by atoms with E-state index < -0.39 is 11.8 Å². The number of halogens is 1. The Balaban J connectivity index is 1.92. The van der Waals surface area contributed by atoms with Crippen molar-refractivity contribution in [2.75, 3.05) is 13.2 Å². The lowest BCUT2D eigenvalue weighted by atomic mass is 10.1. The number of rotatable bonds is 10. The highest BCUT2D eigenvalue weighted by Gasteiger charge is 2.15. The third-order valence-electron chi connectivity index (χ3n) is 4.31. The number of carbonyl (C=O) groups is 2. The van der Waals surface area contributed by atoms with Gasteiger partial charge in [-0.3, -0.25) is 20.4 Å². The van der Waals surface area contributed by atoms with Gasteiger partial charge in [-0.15, -0.1) is 0 Å². The molecule has 7 heteroatoms. The summed E-state index contributed by atoms with van der Waals surface area (Å²) in [6, 6.07) is 12.0. The number of hydrogen-bond acceptors (Lipinski definition) is 4. The fourth-order valence-electron chi connectivity index (χ4n) is 2.50. The molecule has 0 spiro atoms. The molecule has 0 aliphatic heterocycles. The van der Waals surface area contributed by atoms with Crippen molar-refractivity contribution in [1.82, 2.24) is 10.9 Å². The van der Waals surface area contributed by atoms with Gasteiger partial charge < -0.3 is 9.47 Å². The topological polar surface area (TPSA) is 76.7 Å². The second-order valence-corrected chi connectivity index (χ2v) is 8.22. The highest BCUT2D eigenvalue weighted by molar-refractivity contribution is 9.10. The molecule has 0 radical (unpaired) electrons. The average molecular weight is 477 g/mol. The zero-order valence-electron chi connectivity index (χ0n) is 17.7. The van der Waals surface area contributed by atoms with Crippen LogP contribution in [-0.2, 0) is 0 Å². The van der Waals surface area contributed by atoms with Gasteiger partial charge in [-0.05, 0) is 61.2 Å². The van der Waals surface area contributed by atoms with Gasteiger partial charge in [0.15, 0.2) is 0 Å². The molecule has 162 valence electrons. The number of amides is 2. The van der Waals surface area contributed by atoms with Crippen LogP contribution in [0.2, 0.25) is 0 Å². The van der Waals surface area contributed by atoms with Crippen LogP contribution >= 0.6 is 15.9 Å². The van der Waals surface area contributed by atoms with E-state index in [0.29, 0.717) is 41.8 Å². The molecule has 0 heterocycles. The van der Waals surface area contributed by atoms with Crippen LogP contribution in [0.1, 0.15) is 60.7 Å². The fraction of sp³-hybridized carbons (Fsp3) is 0.391. The number of hydrogen-bond donors (Lipinski definition) is 2. The number of ether oxygens (including phenoxy) is 2. The smallest absolute Gasteiger partial charge is 0.273 e. The van der Waals surface area contributed by atoms with Crippen LogP contribution in [0.4, 0.5) is 0 Å². The van der Waals surface area contributed by atoms with Crippen molar-refractivity contribution >= 4 is 27.7 Å². The van der Waals surface area contributed by atoms with Crippen molar-refractivity contribution in [3.63, 3.8) is 0 Å². The molecule has 0 atom stereocenters. The van der Waals surface area contributed by atoms with Crippen LogP contribution in [0.15, 0.2) is 46.9 Å². The Bertz CT molecular complexity index is 838. The molecule has 2 aromatic carbocycles. The van der Waals surface area contributed by atoms with Gasteiger partial charge in [0.05, 0.1) is 18.8 Å². The molecule has 0 aliphatic carbocycles. The van der Waals surface area contributed by atoms with E-state index in [4.69, 9.17) is 9.47 Å². The van der Waals surface area contributed by atoms with E-state index in [0.717, 1.165) is 23.7 Å². The number of hydrazine groups is 1. The molecule has 0 saturated heterocycles. The third-order valence-corrected chi connectivity index (χ3v) is 4.80. The molecule has 0 aliphatic rings. The van der Waals surface area contributed by atoms with Gasteiger partial charge in [-0.1, -0.05) is 43.1 Å². The summed E-state index contributed by atoms with van der Waals surface area (Å²) in [6.45, 7) is 7.50. The maximum Gasteiger partial charge on any atom is 0.273 e. The second kappa shape index (κ2) is 12.2. The molecule has 0 saturated carbocycles. The van der Waals surface area contributed by atoms with Crippen molar-refractivity contribution < 1.29 is 19.1 Å². The summed E-state index contributed by atoms with van der Waals surface area (Å²) in [5, 5.41) is 0. The van der Waals surface area contributed by atoms with E-state index in [1.807, 2.05) is 0 Å². The molecule has 30 heavy (non-hydrogen) atoms. The minimum absolute atomic E-state index is 0.342. The minimum Gasteiger partial charge on any atom is -0.494 e. The van der Waals surface area contributed by atoms with E-state index in [1.165, 1.54) is 0 Å². The maximum absolute atomic E-state index is 12.6. The fourth-order valence-corrected chi connectivity index (χ4v) is 2.86. The van der Waals surface area contributed by atoms with Gasteiger partial charge in [0.2, 0.25) is 0 Å². The van der Waals surface area contributed by atoms with Crippen LogP contribution in [0.25, 0.3) is 0 Å². The van der Waals surface area contributed by atoms with Crippen LogP contribution in [0.5, 0.6) is 11.5 Å². The zero-order valence-corrected chi connectivity index (χ0v) is 19.3. The Morgan fingerprint density at radius 1 is 0.967 bits per heavy atom. The second-order valence-electron chi connectivity index (χ2n) is 7.31. The standard InChI is InChI=1S/C23H29BrN2O4/c1-4-5-13-30-21-11-8-18(24)15-20(21)23(28)26-25-22(27)17-6-9-19(10-7-17)29-14-12-16(2)3/h6-11,15-16H,4-5,12-14H2,1-3H3,(H,25,27)(H,26,28). The number of carbonyl (C=O) groups excluding carboxylic acids is 2. The Morgan fingerprint density at radius 3 is 2.33 bits per heavy atom. The minimum atomic E-state index is -0.454. The summed E-state index contributed by atoms with van der Waals surface area (Å²) in [6.07, 6.45) is 2.86. The first-order valence-electron chi connectivity index (χ1n) is 10.2. The van der Waals surface area contributed by atoms with Crippen LogP contribution in [0.3, 0.4) is 0 Å². The van der Waals surface area contributed by atoms with E-state index in [9.17, 15) is 9.59 Å². The van der Waals surface area contributed by atoms with Crippen molar-refractivity contribution in [1.29, 1.82) is 0 Å². The predicted molar refractivity (Wildman–Crippen MR) is 121 cm³/mol. The molecule has 0 bridgehead atoms. The predicted octanol–water partition coefficient (Wildman–Crippen LogP) is 5.13. The maximum atomic E-state index is 12.6. The Hall–Kier alpha value is -2.54. The lowest BCUT2D eigenvalue weighted by Crippen LogP contribution is -2.41. The highest BCUT2D eigenvalue weighted by Crippen LogP contribution is 2.23. The number of benzene rings is 2. The molecule has 2 amide bonds. The average Bonchev–Trinajstić information content (AvgIpc) is 2.73. The first kappa shape index (κ1) is 23.7. The van der Waals surface area contributed by atoms with E-state index in [-0.39, 0.29) is 0 Å². The molecule has 0 unspecified atom stereocenters. The highest BCUT2D eigenvalue weighted by atomic mass is 79.9. The van der Waals surface area contributed by atoms with Gasteiger partial charge in [0.25, 0.3) is 11.8 Å². The molecule has 2 rings (SSSR count). The summed E-state index contributed by atoms with van der Waals surface area (Å²) >= 11 is 3.36. The quantitative estimate of drug-likeness (QED) is 0.368. The first-order valence-corrected chi connectivity index (χ1v) is 11.0. The van der Waals surface area contributed by atoms with E-state index >= 15 is 0 Å². The van der Waals surface area contributed by atoms with Gasteiger partial charge in [0.1, 0.15) is 11.5 Å². The summed E-state index contributed by atoms with van der Waals surface area (Å²) in [5.74, 6) is 0.882. The molecular formula is C23H29BrN2O4. The summed E-state index contributed by atoms with van der Waals surface area (Å²) in [5.41, 5.74) is 5.64. The number of unbranched alkanes of at least 4 members (excludes halogenated alkanes) is 1. The van der Waals surface area contributed by atoms with Crippen molar-refractivity contribution in [2.45, 2.75) is 40.0 Å². The largest absolute Gasteiger partial charge is 0.494 e. The van der Waals surface area contributed by atoms with Crippen molar-refractivity contribution in [2.24, 2.45) is 5.92 Å².